The molecule has 0 aliphatic heterocycles. The fourth-order valence-corrected chi connectivity index (χ4v) is 2.16. The molecule has 0 saturated carbocycles. The van der Waals surface area contributed by atoms with E-state index in [1.54, 1.807) is 0 Å². The van der Waals surface area contributed by atoms with Crippen LogP contribution in [-0.4, -0.2) is 23.3 Å². The Kier molecular flexibility index (Phi) is 5.75. The zero-order valence-corrected chi connectivity index (χ0v) is 13.0. The van der Waals surface area contributed by atoms with E-state index in [1.165, 1.54) is 0 Å². The fourth-order valence-electron chi connectivity index (χ4n) is 2.16. The predicted octanol–water partition coefficient (Wildman–Crippen LogP) is 3.68. The summed E-state index contributed by atoms with van der Waals surface area (Å²) < 4.78 is 5.85. The molecule has 1 aromatic carbocycles. The van der Waals surface area contributed by atoms with Crippen molar-refractivity contribution in [3.05, 3.63) is 36.2 Å². The third-order valence-corrected chi connectivity index (χ3v) is 3.34. The predicted molar refractivity (Wildman–Crippen MR) is 84.7 cm³/mol. The van der Waals surface area contributed by atoms with Crippen molar-refractivity contribution in [3.63, 3.8) is 0 Å². The molecule has 5 nitrogen and oxygen atoms in total. The van der Waals surface area contributed by atoms with Crippen LogP contribution in [0.15, 0.2) is 34.7 Å². The second kappa shape index (κ2) is 7.78. The van der Waals surface area contributed by atoms with Gasteiger partial charge >= 0.3 is 6.01 Å². The second-order valence-electron chi connectivity index (χ2n) is 5.04. The topological polar surface area (TPSA) is 54.2 Å². The van der Waals surface area contributed by atoms with E-state index in [9.17, 15) is 0 Å². The Hall–Kier alpha value is -1.88. The van der Waals surface area contributed by atoms with Crippen molar-refractivity contribution in [2.24, 2.45) is 0 Å². The van der Waals surface area contributed by atoms with Crippen LogP contribution in [0.4, 0.5) is 11.7 Å². The molecule has 0 saturated heterocycles. The molecule has 0 bridgehead atoms. The van der Waals surface area contributed by atoms with Gasteiger partial charge in [-0.1, -0.05) is 43.6 Å². The summed E-state index contributed by atoms with van der Waals surface area (Å²) in [7, 11) is 0. The van der Waals surface area contributed by atoms with Crippen molar-refractivity contribution in [3.8, 4) is 0 Å². The maximum Gasteiger partial charge on any atom is 0.322 e. The van der Waals surface area contributed by atoms with Gasteiger partial charge in [0.2, 0.25) is 5.89 Å². The summed E-state index contributed by atoms with van der Waals surface area (Å²) in [5.41, 5.74) is 1.08. The lowest BCUT2D eigenvalue weighted by Crippen LogP contribution is -2.19. The van der Waals surface area contributed by atoms with Crippen molar-refractivity contribution < 1.29 is 4.42 Å². The maximum absolute atomic E-state index is 5.85. The van der Waals surface area contributed by atoms with Gasteiger partial charge in [-0.05, 0) is 32.0 Å². The molecule has 0 spiro atoms. The van der Waals surface area contributed by atoms with E-state index in [2.05, 4.69) is 46.4 Å². The SMILES string of the molecule is CCCCN(c1ccccc1)c1nnc(C(C)NCC)o1. The summed E-state index contributed by atoms with van der Waals surface area (Å²) >= 11 is 0. The van der Waals surface area contributed by atoms with E-state index in [0.717, 1.165) is 31.6 Å². The van der Waals surface area contributed by atoms with Gasteiger partial charge in [-0.25, -0.2) is 0 Å². The van der Waals surface area contributed by atoms with Gasteiger partial charge < -0.3 is 9.73 Å². The molecule has 1 N–H and O–H groups in total. The summed E-state index contributed by atoms with van der Waals surface area (Å²) in [6.45, 7) is 8.01. The molecule has 21 heavy (non-hydrogen) atoms. The monoisotopic (exact) mass is 288 g/mol. The Labute approximate surface area is 126 Å². The molecule has 1 unspecified atom stereocenters. The first kappa shape index (κ1) is 15.5. The summed E-state index contributed by atoms with van der Waals surface area (Å²) in [5, 5.41) is 11.7. The van der Waals surface area contributed by atoms with Gasteiger partial charge in [-0.15, -0.1) is 5.10 Å². The molecule has 114 valence electrons. The van der Waals surface area contributed by atoms with Gasteiger partial charge in [0, 0.05) is 12.2 Å². The zero-order valence-electron chi connectivity index (χ0n) is 13.0. The number of nitrogens with zero attached hydrogens (tertiary/aromatic N) is 3. The van der Waals surface area contributed by atoms with Crippen LogP contribution in [0.2, 0.25) is 0 Å². The molecule has 0 aliphatic carbocycles. The summed E-state index contributed by atoms with van der Waals surface area (Å²) in [5.74, 6) is 0.629. The molecular weight excluding hydrogens is 264 g/mol. The Morgan fingerprint density at radius 2 is 1.95 bits per heavy atom. The van der Waals surface area contributed by atoms with Crippen LogP contribution in [-0.2, 0) is 0 Å². The Morgan fingerprint density at radius 3 is 2.62 bits per heavy atom. The molecule has 1 aromatic heterocycles. The quantitative estimate of drug-likeness (QED) is 0.803. The van der Waals surface area contributed by atoms with E-state index < -0.39 is 0 Å². The number of para-hydroxylation sites is 1. The van der Waals surface area contributed by atoms with E-state index in [4.69, 9.17) is 4.42 Å². The summed E-state index contributed by atoms with van der Waals surface area (Å²) in [6, 6.07) is 10.8. The molecular formula is C16H24N4O. The zero-order chi connectivity index (χ0) is 15.1. The molecule has 0 radical (unpaired) electrons. The average Bonchev–Trinajstić information content (AvgIpc) is 2.99. The highest BCUT2D eigenvalue weighted by Crippen LogP contribution is 2.25. The van der Waals surface area contributed by atoms with E-state index in [1.807, 2.05) is 25.1 Å². The minimum Gasteiger partial charge on any atom is -0.406 e. The van der Waals surface area contributed by atoms with Gasteiger partial charge in [0.05, 0.1) is 6.04 Å². The summed E-state index contributed by atoms with van der Waals surface area (Å²) in [6.07, 6.45) is 2.20. The fraction of sp³-hybridized carbons (Fsp3) is 0.500. The first-order valence-corrected chi connectivity index (χ1v) is 7.65. The van der Waals surface area contributed by atoms with E-state index in [-0.39, 0.29) is 6.04 Å². The van der Waals surface area contributed by atoms with E-state index in [0.29, 0.717) is 11.9 Å². The highest BCUT2D eigenvalue weighted by atomic mass is 16.4. The average molecular weight is 288 g/mol. The minimum atomic E-state index is 0.0695. The number of anilines is 2. The number of unbranched alkanes of at least 4 members (excludes halogenated alkanes) is 1. The van der Waals surface area contributed by atoms with Crippen LogP contribution < -0.4 is 10.2 Å². The minimum absolute atomic E-state index is 0.0695. The molecule has 5 heteroatoms. The Bertz CT molecular complexity index is 526. The second-order valence-corrected chi connectivity index (χ2v) is 5.04. The maximum atomic E-state index is 5.85. The van der Waals surface area contributed by atoms with Crippen molar-refractivity contribution in [1.82, 2.24) is 15.5 Å². The lowest BCUT2D eigenvalue weighted by atomic mass is 10.2. The third-order valence-electron chi connectivity index (χ3n) is 3.34. The van der Waals surface area contributed by atoms with Gasteiger partial charge in [-0.2, -0.15) is 0 Å². The van der Waals surface area contributed by atoms with E-state index >= 15 is 0 Å². The third kappa shape index (κ3) is 4.04. The molecule has 1 atom stereocenters. The molecule has 2 rings (SSSR count). The number of rotatable bonds is 8. The Morgan fingerprint density at radius 1 is 1.19 bits per heavy atom. The van der Waals surface area contributed by atoms with Gasteiger partial charge in [-0.3, -0.25) is 4.90 Å². The molecule has 0 fully saturated rings. The summed E-state index contributed by atoms with van der Waals surface area (Å²) in [4.78, 5) is 2.08. The first-order chi connectivity index (χ1) is 10.3. The van der Waals surface area contributed by atoms with Crippen LogP contribution in [0, 0.1) is 0 Å². The largest absolute Gasteiger partial charge is 0.406 e. The highest BCUT2D eigenvalue weighted by Gasteiger charge is 2.18. The number of nitrogens with one attached hydrogen (secondary N) is 1. The lowest BCUT2D eigenvalue weighted by molar-refractivity contribution is 0.423. The number of hydrogen-bond acceptors (Lipinski definition) is 5. The number of hydrogen-bond donors (Lipinski definition) is 1. The van der Waals surface area contributed by atoms with Crippen LogP contribution >= 0.6 is 0 Å². The van der Waals surface area contributed by atoms with Crippen molar-refractivity contribution in [1.29, 1.82) is 0 Å². The van der Waals surface area contributed by atoms with Crippen LogP contribution in [0.3, 0.4) is 0 Å². The van der Waals surface area contributed by atoms with Gasteiger partial charge in [0.15, 0.2) is 0 Å². The standard InChI is InChI=1S/C16H24N4O/c1-4-6-12-20(14-10-8-7-9-11-14)16-19-18-15(21-16)13(3)17-5-2/h7-11,13,17H,4-6,12H2,1-3H3. The lowest BCUT2D eigenvalue weighted by Gasteiger charge is -2.19. The molecule has 1 heterocycles. The smallest absolute Gasteiger partial charge is 0.322 e. The Balaban J connectivity index is 2.21. The number of benzene rings is 1. The molecule has 2 aromatic rings. The van der Waals surface area contributed by atoms with Crippen LogP contribution in [0.25, 0.3) is 0 Å². The van der Waals surface area contributed by atoms with Crippen LogP contribution in [0.1, 0.15) is 45.5 Å². The van der Waals surface area contributed by atoms with Crippen molar-refractivity contribution >= 4 is 11.7 Å². The van der Waals surface area contributed by atoms with Gasteiger partial charge in [0.25, 0.3) is 0 Å². The molecule has 0 amide bonds. The number of aromatic nitrogens is 2. The highest BCUT2D eigenvalue weighted by molar-refractivity contribution is 5.55. The molecule has 0 aliphatic rings. The van der Waals surface area contributed by atoms with Crippen molar-refractivity contribution in [2.45, 2.75) is 39.7 Å². The normalized spacial score (nSPS) is 12.3. The first-order valence-electron chi connectivity index (χ1n) is 7.65. The van der Waals surface area contributed by atoms with Crippen molar-refractivity contribution in [2.75, 3.05) is 18.0 Å². The van der Waals surface area contributed by atoms with Crippen LogP contribution in [0.5, 0.6) is 0 Å². The van der Waals surface area contributed by atoms with Gasteiger partial charge in [0.1, 0.15) is 0 Å².